The average Bonchev–Trinajstić information content (AvgIpc) is 3.28. The molecule has 1 aliphatic carbocycles. The highest BCUT2D eigenvalue weighted by atomic mass is 35.5. The summed E-state index contributed by atoms with van der Waals surface area (Å²) in [7, 11) is 1.65. The predicted molar refractivity (Wildman–Crippen MR) is 112 cm³/mol. The summed E-state index contributed by atoms with van der Waals surface area (Å²) in [6.45, 7) is 0.0501. The van der Waals surface area contributed by atoms with Gasteiger partial charge in [0.15, 0.2) is 0 Å². The van der Waals surface area contributed by atoms with Crippen LogP contribution in [0.25, 0.3) is 11.3 Å². The van der Waals surface area contributed by atoms with Gasteiger partial charge in [-0.15, -0.1) is 0 Å². The van der Waals surface area contributed by atoms with Gasteiger partial charge in [0.05, 0.1) is 12.0 Å². The van der Waals surface area contributed by atoms with Crippen LogP contribution in [0.1, 0.15) is 44.3 Å². The molecule has 2 fully saturated rings. The first-order valence-electron chi connectivity index (χ1n) is 10.3. The summed E-state index contributed by atoms with van der Waals surface area (Å²) in [5.74, 6) is 0.628. The van der Waals surface area contributed by atoms with Crippen molar-refractivity contribution in [1.29, 1.82) is 0 Å². The summed E-state index contributed by atoms with van der Waals surface area (Å²) in [4.78, 5) is 40.7. The standard InChI is InChI=1S/C23H25ClN2O4/c1-25(14-18-9-10-19(30-18)16-5-7-17(24)8-6-16)21(28)15-26-20(27)13-23(22(26)29)11-3-2-4-12-23/h5-10H,2-4,11-15H2,1H3. The highest BCUT2D eigenvalue weighted by molar-refractivity contribution is 6.30. The summed E-state index contributed by atoms with van der Waals surface area (Å²) < 4.78 is 5.85. The molecule has 7 heteroatoms. The van der Waals surface area contributed by atoms with E-state index in [0.29, 0.717) is 16.5 Å². The Morgan fingerprint density at radius 1 is 1.10 bits per heavy atom. The number of hydrogen-bond acceptors (Lipinski definition) is 4. The van der Waals surface area contributed by atoms with Gasteiger partial charge >= 0.3 is 0 Å². The summed E-state index contributed by atoms with van der Waals surface area (Å²) in [6.07, 6.45) is 4.78. The van der Waals surface area contributed by atoms with Crippen molar-refractivity contribution in [2.24, 2.45) is 5.41 Å². The quantitative estimate of drug-likeness (QED) is 0.667. The molecule has 0 bridgehead atoms. The molecule has 0 N–H and O–H groups in total. The van der Waals surface area contributed by atoms with Crippen LogP contribution in [0.2, 0.25) is 5.02 Å². The zero-order chi connectivity index (χ0) is 21.3. The van der Waals surface area contributed by atoms with E-state index in [-0.39, 0.29) is 37.2 Å². The molecule has 158 valence electrons. The van der Waals surface area contributed by atoms with E-state index in [4.69, 9.17) is 16.0 Å². The molecule has 2 aromatic rings. The molecule has 4 rings (SSSR count). The largest absolute Gasteiger partial charge is 0.459 e. The van der Waals surface area contributed by atoms with Crippen LogP contribution < -0.4 is 0 Å². The van der Waals surface area contributed by atoms with Crippen LogP contribution in [0, 0.1) is 5.41 Å². The van der Waals surface area contributed by atoms with Gasteiger partial charge < -0.3 is 9.32 Å². The number of likely N-dealkylation sites (tertiary alicyclic amines) is 1. The van der Waals surface area contributed by atoms with Crippen molar-refractivity contribution in [2.45, 2.75) is 45.1 Å². The van der Waals surface area contributed by atoms with Crippen molar-refractivity contribution in [2.75, 3.05) is 13.6 Å². The highest BCUT2D eigenvalue weighted by Crippen LogP contribution is 2.45. The number of amides is 3. The van der Waals surface area contributed by atoms with Gasteiger partial charge in [0.2, 0.25) is 17.7 Å². The summed E-state index contributed by atoms with van der Waals surface area (Å²) in [5.41, 5.74) is 0.327. The Morgan fingerprint density at radius 3 is 2.50 bits per heavy atom. The van der Waals surface area contributed by atoms with E-state index in [9.17, 15) is 14.4 Å². The molecule has 1 aromatic heterocycles. The molecule has 3 amide bonds. The number of halogens is 1. The molecule has 1 spiro atoms. The first-order valence-corrected chi connectivity index (χ1v) is 10.7. The molecule has 1 aromatic carbocycles. The molecule has 2 aliphatic rings. The number of imide groups is 1. The Bertz CT molecular complexity index is 960. The van der Waals surface area contributed by atoms with Crippen molar-refractivity contribution in [3.8, 4) is 11.3 Å². The second-order valence-corrected chi connectivity index (χ2v) is 8.76. The van der Waals surface area contributed by atoms with E-state index < -0.39 is 5.41 Å². The van der Waals surface area contributed by atoms with E-state index in [0.717, 1.165) is 42.6 Å². The zero-order valence-electron chi connectivity index (χ0n) is 17.0. The van der Waals surface area contributed by atoms with Gasteiger partial charge in [-0.1, -0.05) is 30.9 Å². The zero-order valence-corrected chi connectivity index (χ0v) is 17.8. The Morgan fingerprint density at radius 2 is 1.80 bits per heavy atom. The smallest absolute Gasteiger partial charge is 0.242 e. The number of benzene rings is 1. The van der Waals surface area contributed by atoms with Crippen molar-refractivity contribution in [3.63, 3.8) is 0 Å². The lowest BCUT2D eigenvalue weighted by Crippen LogP contribution is -2.43. The Balaban J connectivity index is 1.38. The Kier molecular flexibility index (Phi) is 5.69. The minimum Gasteiger partial charge on any atom is -0.459 e. The fourth-order valence-corrected chi connectivity index (χ4v) is 4.58. The third-order valence-electron chi connectivity index (χ3n) is 6.20. The van der Waals surface area contributed by atoms with Crippen molar-refractivity contribution >= 4 is 29.3 Å². The first kappa shape index (κ1) is 20.7. The molecule has 0 atom stereocenters. The average molecular weight is 429 g/mol. The maximum Gasteiger partial charge on any atom is 0.242 e. The lowest BCUT2D eigenvalue weighted by Gasteiger charge is -2.30. The van der Waals surface area contributed by atoms with Crippen molar-refractivity contribution < 1.29 is 18.8 Å². The molecule has 1 saturated heterocycles. The van der Waals surface area contributed by atoms with E-state index in [2.05, 4.69) is 0 Å². The van der Waals surface area contributed by atoms with Gasteiger partial charge in [0.25, 0.3) is 0 Å². The van der Waals surface area contributed by atoms with Gasteiger partial charge in [-0.2, -0.15) is 0 Å². The monoisotopic (exact) mass is 428 g/mol. The third-order valence-corrected chi connectivity index (χ3v) is 6.45. The Labute approximate surface area is 180 Å². The SMILES string of the molecule is CN(Cc1ccc(-c2ccc(Cl)cc2)o1)C(=O)CN1C(=O)CC2(CCCCC2)C1=O. The van der Waals surface area contributed by atoms with Gasteiger partial charge in [0, 0.05) is 24.1 Å². The van der Waals surface area contributed by atoms with Crippen LogP contribution in [-0.2, 0) is 20.9 Å². The van der Waals surface area contributed by atoms with E-state index in [1.54, 1.807) is 19.2 Å². The van der Waals surface area contributed by atoms with Gasteiger partial charge in [-0.05, 0) is 49.2 Å². The molecular formula is C23H25ClN2O4. The van der Waals surface area contributed by atoms with E-state index >= 15 is 0 Å². The molecule has 1 saturated carbocycles. The van der Waals surface area contributed by atoms with Crippen molar-refractivity contribution in [1.82, 2.24) is 9.80 Å². The van der Waals surface area contributed by atoms with Crippen molar-refractivity contribution in [3.05, 3.63) is 47.2 Å². The normalized spacial score (nSPS) is 18.3. The number of carbonyl (C=O) groups is 3. The minimum absolute atomic E-state index is 0.169. The molecular weight excluding hydrogens is 404 g/mol. The molecule has 6 nitrogen and oxygen atoms in total. The van der Waals surface area contributed by atoms with E-state index in [1.165, 1.54) is 4.90 Å². The number of hydrogen-bond donors (Lipinski definition) is 0. The summed E-state index contributed by atoms with van der Waals surface area (Å²) in [6, 6.07) is 11.0. The Hall–Kier alpha value is -2.60. The second kappa shape index (κ2) is 8.26. The minimum atomic E-state index is -0.567. The number of carbonyl (C=O) groups excluding carboxylic acids is 3. The lowest BCUT2D eigenvalue weighted by molar-refractivity contribution is -0.147. The van der Waals surface area contributed by atoms with Crippen LogP contribution in [0.15, 0.2) is 40.8 Å². The molecule has 0 radical (unpaired) electrons. The first-order chi connectivity index (χ1) is 14.4. The van der Waals surface area contributed by atoms with Crippen LogP contribution in [-0.4, -0.2) is 41.1 Å². The van der Waals surface area contributed by atoms with E-state index in [1.807, 2.05) is 24.3 Å². The predicted octanol–water partition coefficient (Wildman–Crippen LogP) is 4.27. The van der Waals surface area contributed by atoms with Crippen LogP contribution in [0.3, 0.4) is 0 Å². The van der Waals surface area contributed by atoms with Crippen LogP contribution in [0.5, 0.6) is 0 Å². The number of nitrogens with zero attached hydrogens (tertiary/aromatic N) is 2. The maximum absolute atomic E-state index is 12.9. The number of furan rings is 1. The lowest BCUT2D eigenvalue weighted by atomic mass is 9.73. The van der Waals surface area contributed by atoms with Gasteiger partial charge in [0.1, 0.15) is 18.1 Å². The highest BCUT2D eigenvalue weighted by Gasteiger charge is 2.51. The maximum atomic E-state index is 12.9. The number of likely N-dealkylation sites (N-methyl/N-ethyl adjacent to an activating group) is 1. The summed E-state index contributed by atoms with van der Waals surface area (Å²) in [5, 5.41) is 0.650. The van der Waals surface area contributed by atoms with Crippen LogP contribution >= 0.6 is 11.6 Å². The number of rotatable bonds is 5. The van der Waals surface area contributed by atoms with Gasteiger partial charge in [-0.3, -0.25) is 19.3 Å². The molecule has 1 aliphatic heterocycles. The second-order valence-electron chi connectivity index (χ2n) is 8.33. The fourth-order valence-electron chi connectivity index (χ4n) is 4.45. The molecule has 2 heterocycles. The topological polar surface area (TPSA) is 70.8 Å². The summed E-state index contributed by atoms with van der Waals surface area (Å²) >= 11 is 5.92. The fraction of sp³-hybridized carbons (Fsp3) is 0.435. The van der Waals surface area contributed by atoms with Crippen LogP contribution in [0.4, 0.5) is 0 Å². The third kappa shape index (κ3) is 4.01. The van der Waals surface area contributed by atoms with Gasteiger partial charge in [-0.25, -0.2) is 0 Å². The molecule has 0 unspecified atom stereocenters. The molecule has 30 heavy (non-hydrogen) atoms.